The van der Waals surface area contributed by atoms with Crippen LogP contribution in [-0.2, 0) is 17.6 Å². The molecule has 1 aromatic rings. The second-order valence-electron chi connectivity index (χ2n) is 9.81. The van der Waals surface area contributed by atoms with E-state index in [0.29, 0.717) is 24.3 Å². The molecule has 0 fully saturated rings. The van der Waals surface area contributed by atoms with Gasteiger partial charge in [-0.25, -0.2) is 0 Å². The van der Waals surface area contributed by atoms with Gasteiger partial charge in [0.15, 0.2) is 0 Å². The van der Waals surface area contributed by atoms with E-state index in [9.17, 15) is 4.79 Å². The number of amides is 1. The van der Waals surface area contributed by atoms with Crippen LogP contribution in [0.5, 0.6) is 0 Å². The fourth-order valence-electron chi connectivity index (χ4n) is 4.81. The number of aromatic nitrogens is 2. The maximum atomic E-state index is 12.8. The Labute approximate surface area is 194 Å². The van der Waals surface area contributed by atoms with Gasteiger partial charge in [0, 0.05) is 42.9 Å². The summed E-state index contributed by atoms with van der Waals surface area (Å²) in [5.74, 6) is 0.523. The third-order valence-electron chi connectivity index (χ3n) is 7.03. The number of H-pyrrole nitrogens is 1. The van der Waals surface area contributed by atoms with Crippen LogP contribution in [0.1, 0.15) is 90.1 Å². The van der Waals surface area contributed by atoms with Crippen LogP contribution < -0.4 is 5.32 Å². The zero-order chi connectivity index (χ0) is 23.1. The maximum absolute atomic E-state index is 12.8. The number of fused-ring (bicyclic) bond motifs is 1. The van der Waals surface area contributed by atoms with Crippen molar-refractivity contribution in [3.05, 3.63) is 47.0 Å². The molecule has 1 aliphatic carbocycles. The first-order valence-corrected chi connectivity index (χ1v) is 12.6. The average Bonchev–Trinajstić information content (AvgIpc) is 3.18. The molecular formula is C27H42N4O. The minimum atomic E-state index is 0.232. The van der Waals surface area contributed by atoms with Crippen molar-refractivity contribution in [2.75, 3.05) is 13.1 Å². The number of hydrogen-bond acceptors (Lipinski definition) is 3. The normalized spacial score (nSPS) is 27.8. The number of aromatic amines is 1. The van der Waals surface area contributed by atoms with Crippen molar-refractivity contribution in [2.24, 2.45) is 11.3 Å². The molecule has 176 valence electrons. The molecule has 3 rings (SSSR count). The fourth-order valence-corrected chi connectivity index (χ4v) is 4.81. The molecule has 0 aromatic carbocycles. The Morgan fingerprint density at radius 1 is 1.28 bits per heavy atom. The van der Waals surface area contributed by atoms with Gasteiger partial charge in [-0.2, -0.15) is 5.10 Å². The van der Waals surface area contributed by atoms with Gasteiger partial charge < -0.3 is 10.2 Å². The summed E-state index contributed by atoms with van der Waals surface area (Å²) in [4.78, 5) is 14.7. The van der Waals surface area contributed by atoms with Gasteiger partial charge >= 0.3 is 0 Å². The second-order valence-corrected chi connectivity index (χ2v) is 9.81. The molecule has 5 heteroatoms. The predicted molar refractivity (Wildman–Crippen MR) is 133 cm³/mol. The molecule has 2 aliphatic rings. The second kappa shape index (κ2) is 11.0. The smallest absolute Gasteiger partial charge is 0.226 e. The van der Waals surface area contributed by atoms with Gasteiger partial charge in [0.25, 0.3) is 0 Å². The van der Waals surface area contributed by atoms with E-state index in [4.69, 9.17) is 5.10 Å². The van der Waals surface area contributed by atoms with E-state index in [1.807, 2.05) is 4.90 Å². The van der Waals surface area contributed by atoms with Crippen LogP contribution in [0.4, 0.5) is 0 Å². The SMILES string of the molecule is CCCC(=O)N(CCC)/C1=C/CN/C(c2n[nH]c3c2CCC(C)(CC)C3)=C\C(C)/C=C\C1. The number of rotatable bonds is 7. The van der Waals surface area contributed by atoms with Gasteiger partial charge in [0.05, 0.1) is 5.70 Å². The van der Waals surface area contributed by atoms with Gasteiger partial charge in [-0.15, -0.1) is 0 Å². The molecule has 0 saturated carbocycles. The summed E-state index contributed by atoms with van der Waals surface area (Å²) in [6.07, 6.45) is 16.7. The van der Waals surface area contributed by atoms with Gasteiger partial charge in [-0.1, -0.05) is 59.3 Å². The molecule has 2 atom stereocenters. The number of hydrogen-bond donors (Lipinski definition) is 2. The van der Waals surface area contributed by atoms with Crippen LogP contribution in [0, 0.1) is 11.3 Å². The Morgan fingerprint density at radius 2 is 2.09 bits per heavy atom. The highest BCUT2D eigenvalue weighted by Gasteiger charge is 2.32. The third kappa shape index (κ3) is 5.73. The highest BCUT2D eigenvalue weighted by atomic mass is 16.2. The predicted octanol–water partition coefficient (Wildman–Crippen LogP) is 5.76. The van der Waals surface area contributed by atoms with Crippen molar-refractivity contribution in [1.82, 2.24) is 20.4 Å². The van der Waals surface area contributed by atoms with Crippen molar-refractivity contribution >= 4 is 11.6 Å². The van der Waals surface area contributed by atoms with Crippen LogP contribution >= 0.6 is 0 Å². The van der Waals surface area contributed by atoms with Crippen LogP contribution in [0.15, 0.2) is 30.0 Å². The lowest BCUT2D eigenvalue weighted by atomic mass is 9.73. The minimum Gasteiger partial charge on any atom is -0.380 e. The van der Waals surface area contributed by atoms with Gasteiger partial charge in [0.1, 0.15) is 5.69 Å². The molecule has 2 N–H and O–H groups in total. The largest absolute Gasteiger partial charge is 0.380 e. The molecule has 0 bridgehead atoms. The van der Waals surface area contributed by atoms with Gasteiger partial charge in [-0.3, -0.25) is 9.89 Å². The number of nitrogens with zero attached hydrogens (tertiary/aromatic N) is 2. The van der Waals surface area contributed by atoms with Crippen LogP contribution in [0.2, 0.25) is 0 Å². The van der Waals surface area contributed by atoms with Crippen molar-refractivity contribution < 1.29 is 4.79 Å². The summed E-state index contributed by atoms with van der Waals surface area (Å²) in [5.41, 5.74) is 6.31. The lowest BCUT2D eigenvalue weighted by Crippen LogP contribution is -2.31. The number of carbonyl (C=O) groups is 1. The van der Waals surface area contributed by atoms with E-state index < -0.39 is 0 Å². The first-order valence-electron chi connectivity index (χ1n) is 12.6. The fraction of sp³-hybridized carbons (Fsp3) is 0.630. The van der Waals surface area contributed by atoms with E-state index in [0.717, 1.165) is 55.7 Å². The summed E-state index contributed by atoms with van der Waals surface area (Å²) in [7, 11) is 0. The molecule has 5 nitrogen and oxygen atoms in total. The van der Waals surface area contributed by atoms with E-state index in [-0.39, 0.29) is 5.91 Å². The Hall–Kier alpha value is -2.30. The van der Waals surface area contributed by atoms with E-state index in [1.165, 1.54) is 24.1 Å². The Balaban J connectivity index is 1.85. The first-order chi connectivity index (χ1) is 15.4. The van der Waals surface area contributed by atoms with E-state index in [1.54, 1.807) is 0 Å². The summed E-state index contributed by atoms with van der Waals surface area (Å²) in [6.45, 7) is 12.6. The Kier molecular flexibility index (Phi) is 8.38. The minimum absolute atomic E-state index is 0.232. The number of allylic oxidation sites excluding steroid dienone is 3. The molecule has 1 aromatic heterocycles. The summed E-state index contributed by atoms with van der Waals surface area (Å²) in [5, 5.41) is 11.7. The third-order valence-corrected chi connectivity index (χ3v) is 7.03. The number of nitrogens with one attached hydrogen (secondary N) is 2. The zero-order valence-electron chi connectivity index (χ0n) is 20.8. The van der Waals surface area contributed by atoms with E-state index >= 15 is 0 Å². The first kappa shape index (κ1) is 24.3. The molecular weight excluding hydrogens is 396 g/mol. The Bertz CT molecular complexity index is 878. The van der Waals surface area contributed by atoms with Crippen LogP contribution in [-0.4, -0.2) is 34.1 Å². The molecule has 2 heterocycles. The summed E-state index contributed by atoms with van der Waals surface area (Å²) < 4.78 is 0. The topological polar surface area (TPSA) is 61.0 Å². The highest BCUT2D eigenvalue weighted by molar-refractivity contribution is 5.78. The van der Waals surface area contributed by atoms with Crippen molar-refractivity contribution in [3.63, 3.8) is 0 Å². The average molecular weight is 439 g/mol. The maximum Gasteiger partial charge on any atom is 0.226 e. The molecule has 32 heavy (non-hydrogen) atoms. The molecule has 1 amide bonds. The molecule has 1 aliphatic heterocycles. The monoisotopic (exact) mass is 438 g/mol. The highest BCUT2D eigenvalue weighted by Crippen LogP contribution is 2.39. The molecule has 2 unspecified atom stereocenters. The van der Waals surface area contributed by atoms with E-state index in [2.05, 4.69) is 69.3 Å². The lowest BCUT2D eigenvalue weighted by Gasteiger charge is -2.32. The molecule has 0 radical (unpaired) electrons. The standard InChI is InChI=1S/C27H42N4O/c1-6-10-25(32)31(17-7-2)21-12-9-11-20(4)18-23(28-16-14-21)26-22-13-15-27(5,8-3)19-24(22)29-30-26/h9,11,14,18,20,28H,6-8,10,12-13,15-17,19H2,1-5H3,(H,29,30)/b11-9-,21-14+,23-18-. The van der Waals surface area contributed by atoms with Crippen molar-refractivity contribution in [3.8, 4) is 0 Å². The lowest BCUT2D eigenvalue weighted by molar-refractivity contribution is -0.129. The quantitative estimate of drug-likeness (QED) is 0.532. The van der Waals surface area contributed by atoms with Crippen molar-refractivity contribution in [2.45, 2.75) is 86.0 Å². The molecule has 0 spiro atoms. The molecule has 0 saturated heterocycles. The summed E-state index contributed by atoms with van der Waals surface area (Å²) >= 11 is 0. The van der Waals surface area contributed by atoms with Crippen LogP contribution in [0.3, 0.4) is 0 Å². The Morgan fingerprint density at radius 3 is 2.81 bits per heavy atom. The van der Waals surface area contributed by atoms with Crippen LogP contribution in [0.25, 0.3) is 5.70 Å². The van der Waals surface area contributed by atoms with Gasteiger partial charge in [-0.05, 0) is 49.5 Å². The summed E-state index contributed by atoms with van der Waals surface area (Å²) in [6, 6.07) is 0. The van der Waals surface area contributed by atoms with Gasteiger partial charge in [0.2, 0.25) is 5.91 Å². The zero-order valence-corrected chi connectivity index (χ0v) is 20.8. The van der Waals surface area contributed by atoms with Crippen molar-refractivity contribution in [1.29, 1.82) is 0 Å². The number of carbonyl (C=O) groups excluding carboxylic acids is 1.